The number of aromatic nitrogens is 1. The van der Waals surface area contributed by atoms with Gasteiger partial charge in [-0.1, -0.05) is 42.0 Å². The van der Waals surface area contributed by atoms with Crippen LogP contribution in [0.3, 0.4) is 0 Å². The van der Waals surface area contributed by atoms with Crippen molar-refractivity contribution in [1.29, 1.82) is 0 Å². The SMILES string of the molecule is CCOC(=O)C(C(=O)OCC)[C@H](c1ccccc1)c1c[nH]c2c(C)cc(C)cc12. The number of carbonyl (C=O) groups excluding carboxylic acids is 2. The molecule has 152 valence electrons. The molecule has 1 atom stereocenters. The van der Waals surface area contributed by atoms with Crippen LogP contribution in [0.15, 0.2) is 48.7 Å². The number of H-pyrrole nitrogens is 1. The Labute approximate surface area is 171 Å². The highest BCUT2D eigenvalue weighted by atomic mass is 16.6. The van der Waals surface area contributed by atoms with E-state index in [2.05, 4.69) is 17.1 Å². The van der Waals surface area contributed by atoms with Crippen LogP contribution in [0.2, 0.25) is 0 Å². The lowest BCUT2D eigenvalue weighted by molar-refractivity contribution is -0.162. The number of benzene rings is 2. The lowest BCUT2D eigenvalue weighted by atomic mass is 9.80. The number of aromatic amines is 1. The quantitative estimate of drug-likeness (QED) is 0.468. The zero-order chi connectivity index (χ0) is 21.0. The summed E-state index contributed by atoms with van der Waals surface area (Å²) >= 11 is 0. The van der Waals surface area contributed by atoms with Crippen LogP contribution < -0.4 is 0 Å². The van der Waals surface area contributed by atoms with E-state index >= 15 is 0 Å². The molecule has 3 aromatic rings. The first-order chi connectivity index (χ1) is 14.0. The summed E-state index contributed by atoms with van der Waals surface area (Å²) in [7, 11) is 0. The van der Waals surface area contributed by atoms with Crippen molar-refractivity contribution in [1.82, 2.24) is 4.98 Å². The van der Waals surface area contributed by atoms with Crippen molar-refractivity contribution in [3.63, 3.8) is 0 Å². The van der Waals surface area contributed by atoms with E-state index in [1.165, 1.54) is 0 Å². The Morgan fingerprint density at radius 1 is 0.966 bits per heavy atom. The highest BCUT2D eigenvalue weighted by Gasteiger charge is 2.40. The molecule has 5 nitrogen and oxygen atoms in total. The molecular formula is C24H27NO4. The largest absolute Gasteiger partial charge is 0.465 e. The van der Waals surface area contributed by atoms with Gasteiger partial charge in [-0.2, -0.15) is 0 Å². The van der Waals surface area contributed by atoms with Crippen LogP contribution in [0.25, 0.3) is 10.9 Å². The molecule has 0 fully saturated rings. The standard InChI is InChI=1S/C24H27NO4/c1-5-28-23(26)21(24(27)29-6-2)20(17-10-8-7-9-11-17)19-14-25-22-16(4)12-15(3)13-18(19)22/h7-14,20-21,25H,5-6H2,1-4H3/t20-/m1/s1. The number of esters is 2. The van der Waals surface area contributed by atoms with Gasteiger partial charge in [-0.15, -0.1) is 0 Å². The summed E-state index contributed by atoms with van der Waals surface area (Å²) in [6, 6.07) is 13.8. The Hall–Kier alpha value is -3.08. The van der Waals surface area contributed by atoms with Crippen LogP contribution in [0, 0.1) is 19.8 Å². The zero-order valence-electron chi connectivity index (χ0n) is 17.3. The fourth-order valence-electron chi connectivity index (χ4n) is 3.92. The van der Waals surface area contributed by atoms with Crippen molar-refractivity contribution < 1.29 is 19.1 Å². The molecule has 0 amide bonds. The molecule has 0 bridgehead atoms. The maximum absolute atomic E-state index is 12.9. The summed E-state index contributed by atoms with van der Waals surface area (Å²) in [5.74, 6) is -2.75. The smallest absolute Gasteiger partial charge is 0.321 e. The number of ether oxygens (including phenoxy) is 2. The van der Waals surface area contributed by atoms with Crippen LogP contribution >= 0.6 is 0 Å². The lowest BCUT2D eigenvalue weighted by Gasteiger charge is -2.25. The summed E-state index contributed by atoms with van der Waals surface area (Å²) in [5.41, 5.74) is 4.97. The highest BCUT2D eigenvalue weighted by Crippen LogP contribution is 2.38. The third kappa shape index (κ3) is 4.19. The maximum Gasteiger partial charge on any atom is 0.321 e. The molecular weight excluding hydrogens is 366 g/mol. The van der Waals surface area contributed by atoms with Crippen LogP contribution in [-0.2, 0) is 19.1 Å². The van der Waals surface area contributed by atoms with E-state index in [9.17, 15) is 9.59 Å². The molecule has 0 spiro atoms. The van der Waals surface area contributed by atoms with Gasteiger partial charge in [-0.3, -0.25) is 9.59 Å². The molecule has 0 aliphatic carbocycles. The molecule has 5 heteroatoms. The van der Waals surface area contributed by atoms with Crippen molar-refractivity contribution >= 4 is 22.8 Å². The predicted molar refractivity (Wildman–Crippen MR) is 113 cm³/mol. The minimum Gasteiger partial charge on any atom is -0.465 e. The van der Waals surface area contributed by atoms with Crippen LogP contribution in [0.5, 0.6) is 0 Å². The molecule has 3 rings (SSSR count). The van der Waals surface area contributed by atoms with Gasteiger partial charge in [0.2, 0.25) is 0 Å². The van der Waals surface area contributed by atoms with Gasteiger partial charge in [0.1, 0.15) is 0 Å². The third-order valence-electron chi connectivity index (χ3n) is 5.07. The highest BCUT2D eigenvalue weighted by molar-refractivity contribution is 5.98. The van der Waals surface area contributed by atoms with Gasteiger partial charge in [-0.05, 0) is 50.5 Å². The first-order valence-corrected chi connectivity index (χ1v) is 9.94. The van der Waals surface area contributed by atoms with Crippen molar-refractivity contribution in [3.05, 3.63) is 70.9 Å². The topological polar surface area (TPSA) is 68.4 Å². The van der Waals surface area contributed by atoms with Gasteiger partial charge >= 0.3 is 11.9 Å². The van der Waals surface area contributed by atoms with Gasteiger partial charge < -0.3 is 14.5 Å². The fourth-order valence-corrected chi connectivity index (χ4v) is 3.92. The van der Waals surface area contributed by atoms with Gasteiger partial charge in [0.15, 0.2) is 5.92 Å². The van der Waals surface area contributed by atoms with Crippen LogP contribution in [0.4, 0.5) is 0 Å². The van der Waals surface area contributed by atoms with Gasteiger partial charge in [0.05, 0.1) is 13.2 Å². The predicted octanol–water partition coefficient (Wildman–Crippen LogP) is 4.66. The van der Waals surface area contributed by atoms with Crippen LogP contribution in [0.1, 0.15) is 42.0 Å². The Morgan fingerprint density at radius 2 is 1.59 bits per heavy atom. The Bertz CT molecular complexity index is 988. The number of carbonyl (C=O) groups is 2. The number of rotatable bonds is 7. The number of fused-ring (bicyclic) bond motifs is 1. The van der Waals surface area contributed by atoms with Crippen molar-refractivity contribution in [2.75, 3.05) is 13.2 Å². The zero-order valence-corrected chi connectivity index (χ0v) is 17.3. The summed E-state index contributed by atoms with van der Waals surface area (Å²) in [6.07, 6.45) is 1.89. The summed E-state index contributed by atoms with van der Waals surface area (Å²) in [6.45, 7) is 7.94. The molecule has 0 radical (unpaired) electrons. The second-order valence-electron chi connectivity index (χ2n) is 7.12. The maximum atomic E-state index is 12.9. The minimum absolute atomic E-state index is 0.197. The monoisotopic (exact) mass is 393 g/mol. The molecule has 2 aromatic carbocycles. The Morgan fingerprint density at radius 3 is 2.17 bits per heavy atom. The molecule has 0 unspecified atom stereocenters. The van der Waals surface area contributed by atoms with Gasteiger partial charge in [0, 0.05) is 23.0 Å². The lowest BCUT2D eigenvalue weighted by Crippen LogP contribution is -2.34. The Kier molecular flexibility index (Phi) is 6.37. The van der Waals surface area contributed by atoms with E-state index in [1.807, 2.05) is 50.4 Å². The normalized spacial score (nSPS) is 12.2. The van der Waals surface area contributed by atoms with E-state index in [0.717, 1.165) is 33.2 Å². The minimum atomic E-state index is -1.09. The fraction of sp³-hybridized carbons (Fsp3) is 0.333. The van der Waals surface area contributed by atoms with E-state index in [1.54, 1.807) is 13.8 Å². The summed E-state index contributed by atoms with van der Waals surface area (Å²) in [4.78, 5) is 29.1. The molecule has 1 N–H and O–H groups in total. The molecule has 1 heterocycles. The second-order valence-corrected chi connectivity index (χ2v) is 7.12. The number of nitrogens with one attached hydrogen (secondary N) is 1. The molecule has 0 aliphatic heterocycles. The van der Waals surface area contributed by atoms with E-state index < -0.39 is 23.8 Å². The molecule has 0 saturated heterocycles. The molecule has 0 aliphatic rings. The average molecular weight is 393 g/mol. The number of hydrogen-bond acceptors (Lipinski definition) is 4. The number of aryl methyl sites for hydroxylation is 2. The second kappa shape index (κ2) is 8.95. The van der Waals surface area contributed by atoms with Crippen molar-refractivity contribution in [2.24, 2.45) is 5.92 Å². The average Bonchev–Trinajstić information content (AvgIpc) is 3.10. The molecule has 29 heavy (non-hydrogen) atoms. The van der Waals surface area contributed by atoms with Crippen molar-refractivity contribution in [2.45, 2.75) is 33.6 Å². The summed E-state index contributed by atoms with van der Waals surface area (Å²) in [5, 5.41) is 0.995. The van der Waals surface area contributed by atoms with Gasteiger partial charge in [0.25, 0.3) is 0 Å². The first-order valence-electron chi connectivity index (χ1n) is 9.94. The molecule has 1 aromatic heterocycles. The third-order valence-corrected chi connectivity index (χ3v) is 5.07. The van der Waals surface area contributed by atoms with E-state index in [-0.39, 0.29) is 13.2 Å². The van der Waals surface area contributed by atoms with Crippen LogP contribution in [-0.4, -0.2) is 30.1 Å². The van der Waals surface area contributed by atoms with Crippen molar-refractivity contribution in [3.8, 4) is 0 Å². The van der Waals surface area contributed by atoms with E-state index in [0.29, 0.717) is 0 Å². The summed E-state index contributed by atoms with van der Waals surface area (Å²) < 4.78 is 10.6. The first kappa shape index (κ1) is 20.6. The Balaban J connectivity index is 2.24. The van der Waals surface area contributed by atoms with Gasteiger partial charge in [-0.25, -0.2) is 0 Å². The number of hydrogen-bond donors (Lipinski definition) is 1. The van der Waals surface area contributed by atoms with E-state index in [4.69, 9.17) is 9.47 Å². The molecule has 0 saturated carbocycles.